The Morgan fingerprint density at radius 2 is 2.10 bits per heavy atom. The number of hydrogen-bond donors (Lipinski definition) is 1. The summed E-state index contributed by atoms with van der Waals surface area (Å²) in [5, 5.41) is 3.41. The van der Waals surface area contributed by atoms with Crippen LogP contribution in [0.4, 0.5) is 11.4 Å². The molecule has 0 aliphatic carbocycles. The molecular weight excluding hydrogens is 342 g/mol. The molecule has 0 radical (unpaired) electrons. The Hall–Kier alpha value is -1.59. The molecule has 2 rings (SSSR count). The molecule has 4 nitrogen and oxygen atoms in total. The maximum absolute atomic E-state index is 12.2. The number of benzene rings is 1. The molecule has 0 aliphatic heterocycles. The maximum Gasteiger partial charge on any atom is 0.255 e. The number of aromatic nitrogens is 1. The fourth-order valence-corrected chi connectivity index (χ4v) is 2.20. The molecule has 0 unspecified atom stereocenters. The van der Waals surface area contributed by atoms with Crippen molar-refractivity contribution in [1.29, 1.82) is 0 Å². The van der Waals surface area contributed by atoms with E-state index in [1.807, 2.05) is 25.1 Å². The highest BCUT2D eigenvalue weighted by atomic mass is 79.9. The van der Waals surface area contributed by atoms with Crippen LogP contribution >= 0.6 is 27.5 Å². The van der Waals surface area contributed by atoms with E-state index >= 15 is 0 Å². The highest BCUT2D eigenvalue weighted by Gasteiger charge is 2.11. The summed E-state index contributed by atoms with van der Waals surface area (Å²) in [5.41, 5.74) is 2.07. The maximum atomic E-state index is 12.2. The zero-order chi connectivity index (χ0) is 14.7. The van der Waals surface area contributed by atoms with Gasteiger partial charge in [-0.1, -0.05) is 11.6 Å². The lowest BCUT2D eigenvalue weighted by Gasteiger charge is -2.17. The summed E-state index contributed by atoms with van der Waals surface area (Å²) in [7, 11) is 3.81. The smallest absolute Gasteiger partial charge is 0.255 e. The van der Waals surface area contributed by atoms with Gasteiger partial charge in [0.15, 0.2) is 0 Å². The summed E-state index contributed by atoms with van der Waals surface area (Å²) >= 11 is 9.22. The highest BCUT2D eigenvalue weighted by molar-refractivity contribution is 9.10. The van der Waals surface area contributed by atoms with Gasteiger partial charge in [0.05, 0.1) is 22.6 Å². The zero-order valence-corrected chi connectivity index (χ0v) is 13.4. The van der Waals surface area contributed by atoms with Crippen molar-refractivity contribution in [3.05, 3.63) is 51.7 Å². The first kappa shape index (κ1) is 14.8. The number of pyridine rings is 1. The minimum atomic E-state index is -0.210. The molecule has 0 aliphatic rings. The molecule has 1 heterocycles. The first-order chi connectivity index (χ1) is 9.49. The van der Waals surface area contributed by atoms with Crippen LogP contribution in [0.2, 0.25) is 5.02 Å². The number of hydrogen-bond acceptors (Lipinski definition) is 3. The predicted molar refractivity (Wildman–Crippen MR) is 85.7 cm³/mol. The fourth-order valence-electron chi connectivity index (χ4n) is 1.71. The van der Waals surface area contributed by atoms with Crippen LogP contribution in [0.1, 0.15) is 10.4 Å². The number of nitrogens with zero attached hydrogens (tertiary/aromatic N) is 2. The lowest BCUT2D eigenvalue weighted by Crippen LogP contribution is -2.17. The van der Waals surface area contributed by atoms with Gasteiger partial charge in [0.2, 0.25) is 0 Å². The fraction of sp³-hybridized carbons (Fsp3) is 0.143. The standard InChI is InChI=1S/C14H13BrClN3O/c1-19(2)13-5-6-17-8-12(13)18-14(20)9-3-4-11(16)10(15)7-9/h3-8H,1-2H3,(H,18,20). The van der Waals surface area contributed by atoms with Crippen LogP contribution in [-0.4, -0.2) is 25.0 Å². The molecule has 1 aromatic heterocycles. The largest absolute Gasteiger partial charge is 0.376 e. The number of carbonyl (C=O) groups excluding carboxylic acids is 1. The molecule has 0 saturated heterocycles. The van der Waals surface area contributed by atoms with Gasteiger partial charge in [0.1, 0.15) is 0 Å². The minimum Gasteiger partial charge on any atom is -0.376 e. The molecule has 1 aromatic carbocycles. The third-order valence-electron chi connectivity index (χ3n) is 2.71. The summed E-state index contributed by atoms with van der Waals surface area (Å²) in [5.74, 6) is -0.210. The van der Waals surface area contributed by atoms with Crippen molar-refractivity contribution in [2.45, 2.75) is 0 Å². The number of carbonyl (C=O) groups is 1. The lowest BCUT2D eigenvalue weighted by atomic mass is 10.2. The highest BCUT2D eigenvalue weighted by Crippen LogP contribution is 2.25. The minimum absolute atomic E-state index is 0.210. The summed E-state index contributed by atoms with van der Waals surface area (Å²) in [6.07, 6.45) is 3.31. The van der Waals surface area contributed by atoms with Crippen LogP contribution in [0.5, 0.6) is 0 Å². The van der Waals surface area contributed by atoms with E-state index in [1.54, 1.807) is 30.6 Å². The number of nitrogens with one attached hydrogen (secondary N) is 1. The quantitative estimate of drug-likeness (QED) is 0.911. The molecule has 1 N–H and O–H groups in total. The van der Waals surface area contributed by atoms with Crippen molar-refractivity contribution in [3.63, 3.8) is 0 Å². The third kappa shape index (κ3) is 3.29. The summed E-state index contributed by atoms with van der Waals surface area (Å²) in [6.45, 7) is 0. The van der Waals surface area contributed by atoms with Crippen LogP contribution in [-0.2, 0) is 0 Å². The van der Waals surface area contributed by atoms with Gasteiger partial charge in [-0.2, -0.15) is 0 Å². The third-order valence-corrected chi connectivity index (χ3v) is 3.92. The predicted octanol–water partition coefficient (Wildman–Crippen LogP) is 3.82. The van der Waals surface area contributed by atoms with Crippen molar-refractivity contribution in [2.75, 3.05) is 24.3 Å². The van der Waals surface area contributed by atoms with Crippen LogP contribution in [0, 0.1) is 0 Å². The number of amides is 1. The Bertz CT molecular complexity index is 646. The molecule has 6 heteroatoms. The van der Waals surface area contributed by atoms with E-state index in [0.29, 0.717) is 20.7 Å². The molecule has 0 saturated carbocycles. The average molecular weight is 355 g/mol. The lowest BCUT2D eigenvalue weighted by molar-refractivity contribution is 0.102. The summed E-state index contributed by atoms with van der Waals surface area (Å²) in [4.78, 5) is 18.2. The Balaban J connectivity index is 2.26. The van der Waals surface area contributed by atoms with Crippen molar-refractivity contribution >= 4 is 44.8 Å². The second kappa shape index (κ2) is 6.24. The monoisotopic (exact) mass is 353 g/mol. The molecule has 0 atom stereocenters. The molecular formula is C14H13BrClN3O. The van der Waals surface area contributed by atoms with E-state index in [-0.39, 0.29) is 5.91 Å². The van der Waals surface area contributed by atoms with Crippen molar-refractivity contribution in [3.8, 4) is 0 Å². The van der Waals surface area contributed by atoms with Crippen molar-refractivity contribution in [2.24, 2.45) is 0 Å². The van der Waals surface area contributed by atoms with E-state index < -0.39 is 0 Å². The van der Waals surface area contributed by atoms with Crippen LogP contribution in [0.25, 0.3) is 0 Å². The van der Waals surface area contributed by atoms with Crippen molar-refractivity contribution < 1.29 is 4.79 Å². The molecule has 2 aromatic rings. The van der Waals surface area contributed by atoms with Crippen molar-refractivity contribution in [1.82, 2.24) is 4.98 Å². The van der Waals surface area contributed by atoms with Gasteiger partial charge >= 0.3 is 0 Å². The second-order valence-corrected chi connectivity index (χ2v) is 5.63. The average Bonchev–Trinajstić information content (AvgIpc) is 2.42. The number of anilines is 2. The van der Waals surface area contributed by atoms with Crippen LogP contribution in [0.3, 0.4) is 0 Å². The van der Waals surface area contributed by atoms with E-state index in [0.717, 1.165) is 5.69 Å². The van der Waals surface area contributed by atoms with Crippen LogP contribution in [0.15, 0.2) is 41.1 Å². The number of halogens is 2. The van der Waals surface area contributed by atoms with Gasteiger partial charge in [-0.05, 0) is 40.2 Å². The van der Waals surface area contributed by atoms with E-state index in [4.69, 9.17) is 11.6 Å². The molecule has 104 valence electrons. The summed E-state index contributed by atoms with van der Waals surface area (Å²) < 4.78 is 0.686. The van der Waals surface area contributed by atoms with Gasteiger partial charge in [-0.25, -0.2) is 0 Å². The second-order valence-electron chi connectivity index (χ2n) is 4.37. The Morgan fingerprint density at radius 1 is 1.35 bits per heavy atom. The molecule has 0 spiro atoms. The van der Waals surface area contributed by atoms with Gasteiger partial charge in [0, 0.05) is 30.3 Å². The van der Waals surface area contributed by atoms with Gasteiger partial charge in [-0.15, -0.1) is 0 Å². The van der Waals surface area contributed by atoms with Gasteiger partial charge < -0.3 is 10.2 Å². The first-order valence-electron chi connectivity index (χ1n) is 5.87. The molecule has 0 fully saturated rings. The van der Waals surface area contributed by atoms with Gasteiger partial charge in [-0.3, -0.25) is 9.78 Å². The summed E-state index contributed by atoms with van der Waals surface area (Å²) in [6, 6.07) is 6.88. The molecule has 0 bridgehead atoms. The van der Waals surface area contributed by atoms with Gasteiger partial charge in [0.25, 0.3) is 5.91 Å². The number of rotatable bonds is 3. The SMILES string of the molecule is CN(C)c1ccncc1NC(=O)c1ccc(Cl)c(Br)c1. The zero-order valence-electron chi connectivity index (χ0n) is 11.0. The Morgan fingerprint density at radius 3 is 2.75 bits per heavy atom. The first-order valence-corrected chi connectivity index (χ1v) is 7.04. The topological polar surface area (TPSA) is 45.2 Å². The van der Waals surface area contributed by atoms with Crippen LogP contribution < -0.4 is 10.2 Å². The molecule has 20 heavy (non-hydrogen) atoms. The van der Waals surface area contributed by atoms with E-state index in [2.05, 4.69) is 26.2 Å². The molecule has 1 amide bonds. The Labute approximate surface area is 130 Å². The van der Waals surface area contributed by atoms with E-state index in [1.165, 1.54) is 0 Å². The van der Waals surface area contributed by atoms with E-state index in [9.17, 15) is 4.79 Å². The Kier molecular flexibility index (Phi) is 4.62. The normalized spacial score (nSPS) is 10.2.